The first-order valence-electron chi connectivity index (χ1n) is 2.70. The molecule has 0 saturated carbocycles. The van der Waals surface area contributed by atoms with Crippen molar-refractivity contribution in [1.82, 2.24) is 10.2 Å². The van der Waals surface area contributed by atoms with Gasteiger partial charge >= 0.3 is 5.69 Å². The highest BCUT2D eigenvalue weighted by Crippen LogP contribution is 2.31. The second-order valence-electron chi connectivity index (χ2n) is 1.83. The van der Waals surface area contributed by atoms with E-state index in [1.54, 1.807) is 5.10 Å². The molecule has 1 heterocycles. The highest BCUT2D eigenvalue weighted by molar-refractivity contribution is 6.31. The number of nitro groups is 1. The monoisotopic (exact) mass is 197 g/mol. The molecular formula is C4H2ClF2N3O2. The van der Waals surface area contributed by atoms with E-state index >= 15 is 0 Å². The van der Waals surface area contributed by atoms with Crippen molar-refractivity contribution < 1.29 is 13.7 Å². The van der Waals surface area contributed by atoms with Gasteiger partial charge in [-0.15, -0.1) is 0 Å². The first-order valence-corrected chi connectivity index (χ1v) is 3.08. The number of hydrogen-bond donors (Lipinski definition) is 1. The molecule has 0 amide bonds. The van der Waals surface area contributed by atoms with Crippen molar-refractivity contribution in [2.45, 2.75) is 6.43 Å². The largest absolute Gasteiger partial charge is 0.334 e. The molecule has 0 saturated heterocycles. The van der Waals surface area contributed by atoms with Crippen LogP contribution in [0.15, 0.2) is 0 Å². The van der Waals surface area contributed by atoms with Crippen LogP contribution in [-0.4, -0.2) is 15.1 Å². The molecule has 0 aromatic carbocycles. The minimum atomic E-state index is -2.98. The molecule has 0 radical (unpaired) electrons. The van der Waals surface area contributed by atoms with Gasteiger partial charge in [0.05, 0.1) is 4.92 Å². The predicted molar refractivity (Wildman–Crippen MR) is 35.2 cm³/mol. The van der Waals surface area contributed by atoms with Gasteiger partial charge in [0, 0.05) is 0 Å². The standard InChI is InChI=1S/C4H2ClF2N3O2/c5-3-2(10(11)12)1(4(6)7)8-9-3/h4H,(H,8,9). The molecule has 0 bridgehead atoms. The van der Waals surface area contributed by atoms with E-state index in [0.29, 0.717) is 0 Å². The summed E-state index contributed by atoms with van der Waals surface area (Å²) in [5.41, 5.74) is -1.74. The number of aromatic amines is 1. The number of nitrogens with one attached hydrogen (secondary N) is 1. The number of H-pyrrole nitrogens is 1. The van der Waals surface area contributed by atoms with Crippen LogP contribution in [0, 0.1) is 10.1 Å². The summed E-state index contributed by atoms with van der Waals surface area (Å²) in [6.45, 7) is 0. The Balaban J connectivity index is 3.21. The van der Waals surface area contributed by atoms with E-state index in [2.05, 4.69) is 5.10 Å². The van der Waals surface area contributed by atoms with E-state index < -0.39 is 27.9 Å². The zero-order valence-corrected chi connectivity index (χ0v) is 6.18. The molecule has 0 atom stereocenters. The third-order valence-electron chi connectivity index (χ3n) is 1.13. The lowest BCUT2D eigenvalue weighted by Gasteiger charge is -1.92. The molecule has 1 aromatic heterocycles. The van der Waals surface area contributed by atoms with Crippen molar-refractivity contribution in [2.75, 3.05) is 0 Å². The molecular weight excluding hydrogens is 196 g/mol. The molecule has 1 aromatic rings. The van der Waals surface area contributed by atoms with E-state index in [9.17, 15) is 18.9 Å². The van der Waals surface area contributed by atoms with E-state index in [-0.39, 0.29) is 0 Å². The molecule has 0 unspecified atom stereocenters. The fraction of sp³-hybridized carbons (Fsp3) is 0.250. The minimum absolute atomic E-state index is 0.560. The molecule has 66 valence electrons. The van der Waals surface area contributed by atoms with Crippen molar-refractivity contribution in [2.24, 2.45) is 0 Å². The Hall–Kier alpha value is -1.24. The summed E-state index contributed by atoms with van der Waals surface area (Å²) in [5, 5.41) is 14.4. The molecule has 1 rings (SSSR count). The van der Waals surface area contributed by atoms with Gasteiger partial charge < -0.3 is 0 Å². The maximum atomic E-state index is 12.0. The molecule has 12 heavy (non-hydrogen) atoms. The van der Waals surface area contributed by atoms with Crippen LogP contribution in [-0.2, 0) is 0 Å². The van der Waals surface area contributed by atoms with Crippen LogP contribution in [0.25, 0.3) is 0 Å². The normalized spacial score (nSPS) is 10.7. The van der Waals surface area contributed by atoms with Crippen LogP contribution in [0.2, 0.25) is 5.15 Å². The summed E-state index contributed by atoms with van der Waals surface area (Å²) in [6, 6.07) is 0. The molecule has 0 fully saturated rings. The quantitative estimate of drug-likeness (QED) is 0.581. The summed E-state index contributed by atoms with van der Waals surface area (Å²) in [7, 11) is 0. The lowest BCUT2D eigenvalue weighted by molar-refractivity contribution is -0.386. The van der Waals surface area contributed by atoms with E-state index in [1.165, 1.54) is 0 Å². The number of rotatable bonds is 2. The van der Waals surface area contributed by atoms with Crippen LogP contribution < -0.4 is 0 Å². The Morgan fingerprint density at radius 3 is 2.58 bits per heavy atom. The van der Waals surface area contributed by atoms with Crippen molar-refractivity contribution in [1.29, 1.82) is 0 Å². The number of nitrogens with zero attached hydrogens (tertiary/aromatic N) is 2. The molecule has 0 aliphatic heterocycles. The van der Waals surface area contributed by atoms with Crippen LogP contribution in [0.3, 0.4) is 0 Å². The zero-order chi connectivity index (χ0) is 9.30. The topological polar surface area (TPSA) is 71.8 Å². The lowest BCUT2D eigenvalue weighted by Crippen LogP contribution is -1.93. The third kappa shape index (κ3) is 1.35. The maximum Gasteiger partial charge on any atom is 0.334 e. The van der Waals surface area contributed by atoms with Gasteiger partial charge in [-0.05, 0) is 0 Å². The fourth-order valence-electron chi connectivity index (χ4n) is 0.652. The van der Waals surface area contributed by atoms with Gasteiger partial charge in [-0.2, -0.15) is 5.10 Å². The van der Waals surface area contributed by atoms with E-state index in [4.69, 9.17) is 11.6 Å². The van der Waals surface area contributed by atoms with Crippen molar-refractivity contribution >= 4 is 17.3 Å². The Morgan fingerprint density at radius 2 is 2.25 bits per heavy atom. The molecule has 0 aliphatic rings. The summed E-state index contributed by atoms with van der Waals surface area (Å²) in [4.78, 5) is 9.13. The van der Waals surface area contributed by atoms with Crippen LogP contribution in [0.5, 0.6) is 0 Å². The first-order chi connectivity index (χ1) is 5.54. The van der Waals surface area contributed by atoms with Crippen LogP contribution in [0.1, 0.15) is 12.1 Å². The Bertz CT molecular complexity index is 313. The molecule has 0 spiro atoms. The summed E-state index contributed by atoms with van der Waals surface area (Å²) >= 11 is 5.17. The molecule has 1 N–H and O–H groups in total. The van der Waals surface area contributed by atoms with Gasteiger partial charge in [0.25, 0.3) is 6.43 Å². The first kappa shape index (κ1) is 8.85. The maximum absolute atomic E-state index is 12.0. The Morgan fingerprint density at radius 1 is 1.67 bits per heavy atom. The highest BCUT2D eigenvalue weighted by atomic mass is 35.5. The van der Waals surface area contributed by atoms with Gasteiger partial charge in [-0.3, -0.25) is 15.2 Å². The third-order valence-corrected chi connectivity index (χ3v) is 1.39. The summed E-state index contributed by atoms with van der Waals surface area (Å²) < 4.78 is 23.9. The SMILES string of the molecule is O=[N+]([O-])c1c(Cl)n[nH]c1C(F)F. The zero-order valence-electron chi connectivity index (χ0n) is 5.42. The Kier molecular flexibility index (Phi) is 2.22. The van der Waals surface area contributed by atoms with Crippen molar-refractivity contribution in [3.05, 3.63) is 21.0 Å². The fourth-order valence-corrected chi connectivity index (χ4v) is 0.865. The minimum Gasteiger partial charge on any atom is -0.269 e. The number of hydrogen-bond acceptors (Lipinski definition) is 3. The number of aromatic nitrogens is 2. The van der Waals surface area contributed by atoms with Crippen LogP contribution >= 0.6 is 11.6 Å². The van der Waals surface area contributed by atoms with Crippen molar-refractivity contribution in [3.63, 3.8) is 0 Å². The smallest absolute Gasteiger partial charge is 0.269 e. The van der Waals surface area contributed by atoms with Gasteiger partial charge in [0.2, 0.25) is 5.15 Å². The summed E-state index contributed by atoms with van der Waals surface area (Å²) in [6.07, 6.45) is -2.98. The van der Waals surface area contributed by atoms with Gasteiger partial charge in [-0.1, -0.05) is 11.6 Å². The molecule has 5 nitrogen and oxygen atoms in total. The molecule has 0 aliphatic carbocycles. The van der Waals surface area contributed by atoms with Gasteiger partial charge in [0.1, 0.15) is 0 Å². The van der Waals surface area contributed by atoms with Crippen molar-refractivity contribution in [3.8, 4) is 0 Å². The number of halogens is 3. The van der Waals surface area contributed by atoms with Gasteiger partial charge in [-0.25, -0.2) is 8.78 Å². The lowest BCUT2D eigenvalue weighted by atomic mass is 10.4. The van der Waals surface area contributed by atoms with E-state index in [0.717, 1.165) is 0 Å². The van der Waals surface area contributed by atoms with Crippen LogP contribution in [0.4, 0.5) is 14.5 Å². The average molecular weight is 198 g/mol. The van der Waals surface area contributed by atoms with Gasteiger partial charge in [0.15, 0.2) is 5.69 Å². The Labute approximate surface area is 69.5 Å². The average Bonchev–Trinajstić information content (AvgIpc) is 2.30. The summed E-state index contributed by atoms with van der Waals surface area (Å²) in [5.74, 6) is 0. The highest BCUT2D eigenvalue weighted by Gasteiger charge is 2.28. The van der Waals surface area contributed by atoms with E-state index in [1.807, 2.05) is 0 Å². The second kappa shape index (κ2) is 3.02. The predicted octanol–water partition coefficient (Wildman–Crippen LogP) is 1.91. The molecule has 8 heteroatoms. The second-order valence-corrected chi connectivity index (χ2v) is 2.19. The number of alkyl halides is 2.